The van der Waals surface area contributed by atoms with E-state index >= 15 is 0 Å². The number of hydrogen-bond acceptors (Lipinski definition) is 18. The molecule has 322 valence electrons. The molecule has 0 bridgehead atoms. The zero-order valence-corrected chi connectivity index (χ0v) is 37.4. The molecule has 0 saturated carbocycles. The Labute approximate surface area is 361 Å². The first kappa shape index (κ1) is 45.5. The van der Waals surface area contributed by atoms with E-state index in [0.717, 1.165) is 0 Å². The van der Waals surface area contributed by atoms with Crippen LogP contribution in [0.15, 0.2) is 66.4 Å². The van der Waals surface area contributed by atoms with Gasteiger partial charge >= 0.3 is 13.4 Å². The van der Waals surface area contributed by atoms with Gasteiger partial charge in [0.25, 0.3) is 11.5 Å². The lowest BCUT2D eigenvalue weighted by atomic mass is 10.2. The van der Waals surface area contributed by atoms with Crippen molar-refractivity contribution < 1.29 is 46.9 Å². The average molecular weight is 951 g/mol. The van der Waals surface area contributed by atoms with Crippen molar-refractivity contribution in [3.8, 4) is 12.1 Å². The smallest absolute Gasteiger partial charge is 0.327 e. The molecule has 21 nitrogen and oxygen atoms in total. The van der Waals surface area contributed by atoms with Crippen LogP contribution in [0.4, 0.5) is 5.82 Å². The lowest BCUT2D eigenvalue weighted by Crippen LogP contribution is -2.35. The summed E-state index contributed by atoms with van der Waals surface area (Å²) < 4.78 is 46.1. The molecule has 2 aliphatic rings. The number of imidazole rings is 1. The minimum Gasteiger partial charge on any atom is -0.394 e. The van der Waals surface area contributed by atoms with Gasteiger partial charge in [-0.25, -0.2) is 19.9 Å². The van der Waals surface area contributed by atoms with Crippen LogP contribution in [-0.4, -0.2) is 112 Å². The molecule has 2 fully saturated rings. The number of aromatic amines is 1. The monoisotopic (exact) mass is 950 g/mol. The molecule has 12 atom stereocenters. The summed E-state index contributed by atoms with van der Waals surface area (Å²) >= 11 is 11.2. The summed E-state index contributed by atoms with van der Waals surface area (Å²) in [5.41, 5.74) is -0.601. The molecular weight excluding hydrogens is 912 g/mol. The van der Waals surface area contributed by atoms with Crippen molar-refractivity contribution in [1.29, 1.82) is 10.5 Å². The summed E-state index contributed by atoms with van der Waals surface area (Å²) in [7, 11) is 5.23. The van der Waals surface area contributed by atoms with Crippen molar-refractivity contribution in [1.82, 2.24) is 34.1 Å². The highest BCUT2D eigenvalue weighted by Gasteiger charge is 2.50. The third-order valence-corrected chi connectivity index (χ3v) is 14.9. The number of aromatic nitrogens is 7. The van der Waals surface area contributed by atoms with Gasteiger partial charge in [0.15, 0.2) is 11.2 Å². The van der Waals surface area contributed by atoms with Crippen LogP contribution >= 0.6 is 31.9 Å². The molecule has 1 aromatic carbocycles. The van der Waals surface area contributed by atoms with E-state index in [2.05, 4.69) is 48.7 Å². The largest absolute Gasteiger partial charge is 0.394 e. The summed E-state index contributed by atoms with van der Waals surface area (Å²) in [6, 6.07) is 14.3. The maximum absolute atomic E-state index is 13.0. The fourth-order valence-corrected chi connectivity index (χ4v) is 11.8. The van der Waals surface area contributed by atoms with E-state index in [1.807, 2.05) is 12.1 Å². The van der Waals surface area contributed by atoms with Crippen LogP contribution in [0.5, 0.6) is 0 Å². The number of anilines is 1. The number of nitrogens with one attached hydrogen (secondary N) is 2. The number of amides is 1. The molecule has 7 rings (SSSR count). The Morgan fingerprint density at radius 2 is 1.61 bits per heavy atom. The number of ether oxygens (including phenoxy) is 2. The number of benzene rings is 1. The van der Waals surface area contributed by atoms with Crippen molar-refractivity contribution in [3.63, 3.8) is 0 Å². The van der Waals surface area contributed by atoms with E-state index in [1.165, 1.54) is 23.5 Å². The first-order chi connectivity index (χ1) is 29.4. The Hall–Kier alpha value is -3.56. The normalized spacial score (nSPS) is 25.8. The van der Waals surface area contributed by atoms with Gasteiger partial charge in [0.2, 0.25) is 0 Å². The Morgan fingerprint density at radius 1 is 0.918 bits per heavy atom. The van der Waals surface area contributed by atoms with E-state index in [1.54, 1.807) is 47.2 Å². The molecule has 5 aromatic rings. The summed E-state index contributed by atoms with van der Waals surface area (Å²) in [6.45, 7) is -9.05. The van der Waals surface area contributed by atoms with Gasteiger partial charge in [-0.2, -0.15) is 10.5 Å². The lowest BCUT2D eigenvalue weighted by molar-refractivity contribution is -0.0514. The van der Waals surface area contributed by atoms with Crippen molar-refractivity contribution in [2.45, 2.75) is 61.0 Å². The standard InChI is InChI=1S/C34H38N10O11P4S2/c35-9-4-12-49-58(48,60)54-25-22(53-33(27(25)57)43-11-8-20-28(37-16-38-29(20)43)42-31(46)19-6-2-1-3-7-19)15-51-59(61,50-13-5-10-36)55-24-21(14-45)52-34(26(24)56)44-18-41-23-30(44)39-17-40-32(23)47/h1-3,6-8,11,16-18,21-22,24-27,33-34,45H,4-5,12-15,56-57H2,(H,48,60)(H,39,40,47)(H,37,38,42,46)/t21?,22?,24-,25-,26-,27-,33?,34?,58?,59?/m1/s1. The van der Waals surface area contributed by atoms with E-state index in [0.29, 0.717) is 16.6 Å². The average Bonchev–Trinajstić information content (AvgIpc) is 4.02. The molecule has 6 heterocycles. The summed E-state index contributed by atoms with van der Waals surface area (Å²) in [4.78, 5) is 56.2. The van der Waals surface area contributed by atoms with Gasteiger partial charge in [0.05, 0.1) is 69.4 Å². The van der Waals surface area contributed by atoms with Crippen LogP contribution in [0.1, 0.15) is 35.7 Å². The molecular formula is C34H38N10O11P4S2. The molecule has 1 amide bonds. The predicted octanol–water partition coefficient (Wildman–Crippen LogP) is 3.18. The lowest BCUT2D eigenvalue weighted by Gasteiger charge is -2.30. The second kappa shape index (κ2) is 19.9. The zero-order chi connectivity index (χ0) is 43.3. The molecule has 4 aromatic heterocycles. The van der Waals surface area contributed by atoms with Gasteiger partial charge < -0.3 is 57.0 Å². The van der Waals surface area contributed by atoms with Gasteiger partial charge in [0.1, 0.15) is 54.7 Å². The fraction of sp³-hybridized carbons (Fsp3) is 0.412. The van der Waals surface area contributed by atoms with E-state index in [9.17, 15) is 24.9 Å². The maximum Gasteiger partial charge on any atom is 0.327 e. The quantitative estimate of drug-likeness (QED) is 0.0725. The van der Waals surface area contributed by atoms with Gasteiger partial charge in [0, 0.05) is 23.1 Å². The van der Waals surface area contributed by atoms with Crippen LogP contribution in [0, 0.1) is 22.7 Å². The number of H-pyrrole nitrogens is 1. The number of rotatable bonds is 18. The molecule has 27 heteroatoms. The number of carbonyl (C=O) groups is 1. The summed E-state index contributed by atoms with van der Waals surface area (Å²) in [6.07, 6.45) is -0.227. The highest BCUT2D eigenvalue weighted by atomic mass is 32.5. The van der Waals surface area contributed by atoms with Crippen LogP contribution < -0.4 is 10.9 Å². The second-order valence-electron chi connectivity index (χ2n) is 13.4. The first-order valence-corrected chi connectivity index (χ1v) is 24.8. The molecule has 0 aliphatic carbocycles. The predicted molar refractivity (Wildman–Crippen MR) is 231 cm³/mol. The zero-order valence-electron chi connectivity index (χ0n) is 31.6. The first-order valence-electron chi connectivity index (χ1n) is 18.3. The molecule has 4 N–H and O–H groups in total. The third-order valence-electron chi connectivity index (χ3n) is 9.48. The second-order valence-corrected chi connectivity index (χ2v) is 20.7. The topological polar surface area (TPSA) is 276 Å². The molecule has 61 heavy (non-hydrogen) atoms. The maximum atomic E-state index is 13.0. The van der Waals surface area contributed by atoms with Crippen LogP contribution in [0.3, 0.4) is 0 Å². The number of carbonyl (C=O) groups excluding carboxylic acids is 1. The minimum absolute atomic E-state index is 0.0510. The Morgan fingerprint density at radius 3 is 2.33 bits per heavy atom. The van der Waals surface area contributed by atoms with Crippen LogP contribution in [0.25, 0.3) is 22.2 Å². The van der Waals surface area contributed by atoms with Crippen LogP contribution in [0.2, 0.25) is 0 Å². The van der Waals surface area contributed by atoms with Crippen molar-refractivity contribution in [3.05, 3.63) is 77.5 Å². The fourth-order valence-electron chi connectivity index (χ4n) is 6.67. The van der Waals surface area contributed by atoms with Crippen LogP contribution in [-0.2, 0) is 55.7 Å². The molecule has 0 spiro atoms. The van der Waals surface area contributed by atoms with Gasteiger partial charge in [-0.1, -0.05) is 18.2 Å². The summed E-state index contributed by atoms with van der Waals surface area (Å²) in [5.74, 6) is -0.118. The number of nitriles is 2. The Balaban J connectivity index is 1.15. The van der Waals surface area contributed by atoms with Crippen molar-refractivity contribution >= 4 is 89.5 Å². The number of fused-ring (bicyclic) bond motifs is 2. The van der Waals surface area contributed by atoms with Gasteiger partial charge in [-0.05, 0) is 41.8 Å². The number of aliphatic hydroxyl groups is 1. The van der Waals surface area contributed by atoms with Crippen molar-refractivity contribution in [2.24, 2.45) is 0 Å². The molecule has 2 aliphatic heterocycles. The highest BCUT2D eigenvalue weighted by molar-refractivity contribution is 8.07. The SMILES string of the molecule is N#CCCOP(O)(=S)O[C@@H]1C(COP(=S)(OCCC#N)O[C@@H]2C(CO)OC(n3cnc4c(=O)[nH]cnc43)[C@@H]2P)OC(n2ccc3c(NC(=O)c4ccccc4)ncnc32)[C@@H]1P. The van der Waals surface area contributed by atoms with E-state index < -0.39 is 73.8 Å². The van der Waals surface area contributed by atoms with Gasteiger partial charge in [-0.3, -0.25) is 14.2 Å². The summed E-state index contributed by atoms with van der Waals surface area (Å²) in [5, 5.41) is 32.1. The van der Waals surface area contributed by atoms with E-state index in [-0.39, 0.29) is 55.6 Å². The molecule has 0 radical (unpaired) electrons. The Kier molecular flexibility index (Phi) is 14.8. The number of nitrogens with zero attached hydrogens (tertiary/aromatic N) is 8. The van der Waals surface area contributed by atoms with Crippen molar-refractivity contribution in [2.75, 3.05) is 31.7 Å². The Bertz CT molecular complexity index is 2610. The highest BCUT2D eigenvalue weighted by Crippen LogP contribution is 2.56. The van der Waals surface area contributed by atoms with Gasteiger partial charge in [-0.15, -0.1) is 18.5 Å². The minimum atomic E-state index is -3.98. The number of aliphatic hydroxyl groups excluding tert-OH is 1. The molecule has 2 saturated heterocycles. The number of hydrogen-bond donors (Lipinski definition) is 4. The third kappa shape index (κ3) is 10.1. The van der Waals surface area contributed by atoms with E-state index in [4.69, 9.17) is 61.0 Å². The molecule has 8 unspecified atom stereocenters.